The standard InChI is InChI=1S/C12H17N3O4S/c1-20(18,19)11-3-2-9(8-13-11)14-12(17)15-6-4-10(16)5-7-15/h2-3,8,10,16H,4-7H2,1H3,(H,14,17). The second-order valence-electron chi connectivity index (χ2n) is 4.81. The Hall–Kier alpha value is -1.67. The number of hydrogen-bond donors (Lipinski definition) is 2. The molecule has 110 valence electrons. The fourth-order valence-corrected chi connectivity index (χ4v) is 2.50. The van der Waals surface area contributed by atoms with Gasteiger partial charge in [-0.25, -0.2) is 18.2 Å². The van der Waals surface area contributed by atoms with E-state index in [0.29, 0.717) is 31.6 Å². The van der Waals surface area contributed by atoms with E-state index in [1.165, 1.54) is 18.3 Å². The van der Waals surface area contributed by atoms with E-state index in [0.717, 1.165) is 6.26 Å². The Bertz CT molecular complexity index is 577. The highest BCUT2D eigenvalue weighted by molar-refractivity contribution is 7.90. The molecule has 1 saturated heterocycles. The first-order valence-corrected chi connectivity index (χ1v) is 8.15. The summed E-state index contributed by atoms with van der Waals surface area (Å²) >= 11 is 0. The molecule has 20 heavy (non-hydrogen) atoms. The molecule has 0 spiro atoms. The van der Waals surface area contributed by atoms with Gasteiger partial charge in [0.1, 0.15) is 0 Å². The quantitative estimate of drug-likeness (QED) is 0.827. The Morgan fingerprint density at radius 2 is 2.05 bits per heavy atom. The fourth-order valence-electron chi connectivity index (χ4n) is 1.95. The topological polar surface area (TPSA) is 99.6 Å². The van der Waals surface area contributed by atoms with Crippen molar-refractivity contribution in [3.63, 3.8) is 0 Å². The number of likely N-dealkylation sites (tertiary alicyclic amines) is 1. The van der Waals surface area contributed by atoms with Crippen molar-refractivity contribution in [3.05, 3.63) is 18.3 Å². The number of carbonyl (C=O) groups is 1. The molecule has 1 aromatic heterocycles. The van der Waals surface area contributed by atoms with Gasteiger partial charge < -0.3 is 15.3 Å². The van der Waals surface area contributed by atoms with Gasteiger partial charge in [0.25, 0.3) is 0 Å². The minimum absolute atomic E-state index is 0.0309. The summed E-state index contributed by atoms with van der Waals surface area (Å²) in [5, 5.41) is 12.0. The van der Waals surface area contributed by atoms with Gasteiger partial charge in [-0.15, -0.1) is 0 Å². The maximum atomic E-state index is 11.9. The molecule has 1 aliphatic rings. The molecule has 2 heterocycles. The molecule has 7 nitrogen and oxygen atoms in total. The third-order valence-electron chi connectivity index (χ3n) is 3.12. The number of carbonyl (C=O) groups excluding carboxylic acids is 1. The number of aliphatic hydroxyl groups excluding tert-OH is 1. The molecule has 0 aromatic carbocycles. The van der Waals surface area contributed by atoms with Crippen molar-refractivity contribution in [1.82, 2.24) is 9.88 Å². The minimum Gasteiger partial charge on any atom is -0.393 e. The number of hydrogen-bond acceptors (Lipinski definition) is 5. The number of sulfone groups is 1. The van der Waals surface area contributed by atoms with E-state index in [2.05, 4.69) is 10.3 Å². The van der Waals surface area contributed by atoms with Crippen LogP contribution in [0.5, 0.6) is 0 Å². The van der Waals surface area contributed by atoms with Crippen LogP contribution in [0.4, 0.5) is 10.5 Å². The van der Waals surface area contributed by atoms with Crippen LogP contribution < -0.4 is 5.32 Å². The fraction of sp³-hybridized carbons (Fsp3) is 0.500. The number of rotatable bonds is 2. The molecule has 0 radical (unpaired) electrons. The number of anilines is 1. The van der Waals surface area contributed by atoms with Crippen molar-refractivity contribution < 1.29 is 18.3 Å². The lowest BCUT2D eigenvalue weighted by Crippen LogP contribution is -2.42. The number of aliphatic hydroxyl groups is 1. The molecule has 1 aliphatic heterocycles. The number of nitrogens with one attached hydrogen (secondary N) is 1. The van der Waals surface area contributed by atoms with Crippen LogP contribution in [0.3, 0.4) is 0 Å². The Kier molecular flexibility index (Phi) is 4.24. The number of aromatic nitrogens is 1. The number of amides is 2. The largest absolute Gasteiger partial charge is 0.393 e. The monoisotopic (exact) mass is 299 g/mol. The van der Waals surface area contributed by atoms with Crippen LogP contribution in [0, 0.1) is 0 Å². The van der Waals surface area contributed by atoms with Crippen molar-refractivity contribution >= 4 is 21.6 Å². The average Bonchev–Trinajstić information content (AvgIpc) is 2.39. The lowest BCUT2D eigenvalue weighted by Gasteiger charge is -2.29. The van der Waals surface area contributed by atoms with Gasteiger partial charge in [-0.3, -0.25) is 0 Å². The highest BCUT2D eigenvalue weighted by atomic mass is 32.2. The van der Waals surface area contributed by atoms with E-state index in [-0.39, 0.29) is 17.2 Å². The van der Waals surface area contributed by atoms with E-state index in [1.807, 2.05) is 0 Å². The van der Waals surface area contributed by atoms with Crippen molar-refractivity contribution in [1.29, 1.82) is 0 Å². The SMILES string of the molecule is CS(=O)(=O)c1ccc(NC(=O)N2CCC(O)CC2)cn1. The summed E-state index contributed by atoms with van der Waals surface area (Å²) in [4.78, 5) is 17.4. The molecule has 2 rings (SSSR count). The summed E-state index contributed by atoms with van der Waals surface area (Å²) in [5.74, 6) is 0. The predicted molar refractivity (Wildman–Crippen MR) is 73.2 cm³/mol. The zero-order valence-electron chi connectivity index (χ0n) is 11.1. The molecule has 0 aliphatic carbocycles. The second-order valence-corrected chi connectivity index (χ2v) is 6.77. The van der Waals surface area contributed by atoms with Gasteiger partial charge in [0.15, 0.2) is 14.9 Å². The van der Waals surface area contributed by atoms with E-state index >= 15 is 0 Å². The van der Waals surface area contributed by atoms with Crippen LogP contribution in [-0.2, 0) is 9.84 Å². The van der Waals surface area contributed by atoms with Crippen LogP contribution in [0.25, 0.3) is 0 Å². The van der Waals surface area contributed by atoms with Gasteiger partial charge in [-0.2, -0.15) is 0 Å². The van der Waals surface area contributed by atoms with Gasteiger partial charge in [0.2, 0.25) is 0 Å². The first-order valence-electron chi connectivity index (χ1n) is 6.26. The van der Waals surface area contributed by atoms with Gasteiger partial charge in [-0.05, 0) is 25.0 Å². The molecule has 1 aromatic rings. The summed E-state index contributed by atoms with van der Waals surface area (Å²) in [6, 6.07) is 2.58. The lowest BCUT2D eigenvalue weighted by molar-refractivity contribution is 0.0972. The van der Waals surface area contributed by atoms with Crippen molar-refractivity contribution in [2.24, 2.45) is 0 Å². The average molecular weight is 299 g/mol. The molecule has 2 amide bonds. The van der Waals surface area contributed by atoms with E-state index in [4.69, 9.17) is 0 Å². The van der Waals surface area contributed by atoms with Crippen LogP contribution in [-0.4, -0.2) is 54.9 Å². The molecule has 0 saturated carbocycles. The molecule has 0 bridgehead atoms. The van der Waals surface area contributed by atoms with Crippen LogP contribution in [0.15, 0.2) is 23.4 Å². The molecule has 8 heteroatoms. The third-order valence-corrected chi connectivity index (χ3v) is 4.12. The van der Waals surface area contributed by atoms with Crippen molar-refractivity contribution in [2.45, 2.75) is 24.0 Å². The zero-order valence-corrected chi connectivity index (χ0v) is 11.9. The van der Waals surface area contributed by atoms with Gasteiger partial charge in [0, 0.05) is 19.3 Å². The number of pyridine rings is 1. The minimum atomic E-state index is -3.34. The summed E-state index contributed by atoms with van der Waals surface area (Å²) in [5.41, 5.74) is 0.438. The molecule has 1 fully saturated rings. The van der Waals surface area contributed by atoms with Gasteiger partial charge in [-0.1, -0.05) is 0 Å². The van der Waals surface area contributed by atoms with Gasteiger partial charge in [0.05, 0.1) is 18.0 Å². The van der Waals surface area contributed by atoms with E-state index in [9.17, 15) is 18.3 Å². The summed E-state index contributed by atoms with van der Waals surface area (Å²) in [6.07, 6.45) is 3.19. The number of nitrogens with zero attached hydrogens (tertiary/aromatic N) is 2. The maximum Gasteiger partial charge on any atom is 0.321 e. The van der Waals surface area contributed by atoms with Crippen molar-refractivity contribution in [3.8, 4) is 0 Å². The Labute approximate surface area is 117 Å². The second kappa shape index (κ2) is 5.76. The van der Waals surface area contributed by atoms with Crippen LogP contribution in [0.1, 0.15) is 12.8 Å². The third kappa shape index (κ3) is 3.67. The first-order chi connectivity index (χ1) is 9.36. The Morgan fingerprint density at radius 3 is 2.55 bits per heavy atom. The number of piperidine rings is 1. The summed E-state index contributed by atoms with van der Waals surface area (Å²) < 4.78 is 22.5. The predicted octanol–water partition coefficient (Wildman–Crippen LogP) is 0.474. The molecular formula is C12H17N3O4S. The molecule has 0 atom stereocenters. The van der Waals surface area contributed by atoms with Crippen LogP contribution in [0.2, 0.25) is 0 Å². The van der Waals surface area contributed by atoms with E-state index in [1.54, 1.807) is 4.90 Å². The lowest BCUT2D eigenvalue weighted by atomic mass is 10.1. The maximum absolute atomic E-state index is 11.9. The normalized spacial score (nSPS) is 17.0. The Morgan fingerprint density at radius 1 is 1.40 bits per heavy atom. The molecule has 0 unspecified atom stereocenters. The molecular weight excluding hydrogens is 282 g/mol. The first kappa shape index (κ1) is 14.7. The summed E-state index contributed by atoms with van der Waals surface area (Å²) in [6.45, 7) is 1.00. The Balaban J connectivity index is 1.98. The zero-order chi connectivity index (χ0) is 14.8. The van der Waals surface area contributed by atoms with Crippen LogP contribution >= 0.6 is 0 Å². The highest BCUT2D eigenvalue weighted by Gasteiger charge is 2.21. The molecule has 2 N–H and O–H groups in total. The number of urea groups is 1. The van der Waals surface area contributed by atoms with E-state index < -0.39 is 9.84 Å². The van der Waals surface area contributed by atoms with Crippen molar-refractivity contribution in [2.75, 3.05) is 24.7 Å². The summed E-state index contributed by atoms with van der Waals surface area (Å²) in [7, 11) is -3.34. The highest BCUT2D eigenvalue weighted by Crippen LogP contribution is 2.14. The smallest absolute Gasteiger partial charge is 0.321 e. The van der Waals surface area contributed by atoms with Gasteiger partial charge >= 0.3 is 6.03 Å².